The van der Waals surface area contributed by atoms with Crippen LogP contribution in [0.2, 0.25) is 0 Å². The van der Waals surface area contributed by atoms with Crippen LogP contribution in [0.4, 0.5) is 5.13 Å². The molecule has 0 spiro atoms. The molecule has 8 heteroatoms. The van der Waals surface area contributed by atoms with Crippen LogP contribution in [0.5, 0.6) is 0 Å². The molecule has 0 radical (unpaired) electrons. The summed E-state index contributed by atoms with van der Waals surface area (Å²) in [4.78, 5) is 38.4. The minimum absolute atomic E-state index is 0.128. The van der Waals surface area contributed by atoms with Crippen LogP contribution in [-0.4, -0.2) is 39.4 Å². The number of anilines is 1. The maximum Gasteiger partial charge on any atom is 0.261 e. The van der Waals surface area contributed by atoms with Gasteiger partial charge in [-0.1, -0.05) is 47.7 Å². The molecule has 3 aromatic rings. The smallest absolute Gasteiger partial charge is 0.261 e. The van der Waals surface area contributed by atoms with Crippen molar-refractivity contribution in [3.63, 3.8) is 0 Å². The molecule has 0 saturated heterocycles. The Morgan fingerprint density at radius 3 is 2.59 bits per heavy atom. The van der Waals surface area contributed by atoms with E-state index in [0.29, 0.717) is 11.6 Å². The van der Waals surface area contributed by atoms with E-state index in [1.165, 1.54) is 35.6 Å². The lowest BCUT2D eigenvalue weighted by molar-refractivity contribution is 0.0672. The molecule has 1 aliphatic heterocycles. The van der Waals surface area contributed by atoms with Gasteiger partial charge in [-0.15, -0.1) is 16.8 Å². The number of aromatic nitrogens is 2. The van der Waals surface area contributed by atoms with E-state index in [2.05, 4.69) is 22.1 Å². The Balaban J connectivity index is 1.48. The van der Waals surface area contributed by atoms with Gasteiger partial charge in [0.25, 0.3) is 17.7 Å². The predicted octanol–water partition coefficient (Wildman–Crippen LogP) is 3.16. The van der Waals surface area contributed by atoms with Crippen molar-refractivity contribution in [2.45, 2.75) is 6.42 Å². The van der Waals surface area contributed by atoms with E-state index in [1.54, 1.807) is 0 Å². The van der Waals surface area contributed by atoms with Crippen LogP contribution < -0.4 is 5.32 Å². The van der Waals surface area contributed by atoms with E-state index >= 15 is 0 Å². The lowest BCUT2D eigenvalue weighted by Gasteiger charge is -2.09. The van der Waals surface area contributed by atoms with E-state index in [0.717, 1.165) is 15.5 Å². The van der Waals surface area contributed by atoms with Crippen molar-refractivity contribution in [1.82, 2.24) is 15.1 Å². The first kappa shape index (κ1) is 18.7. The van der Waals surface area contributed by atoms with Gasteiger partial charge in [-0.05, 0) is 23.8 Å². The van der Waals surface area contributed by atoms with Gasteiger partial charge < -0.3 is 0 Å². The summed E-state index contributed by atoms with van der Waals surface area (Å²) in [6.07, 6.45) is 2.11. The number of nitrogens with zero attached hydrogens (tertiary/aromatic N) is 3. The molecule has 3 amide bonds. The summed E-state index contributed by atoms with van der Waals surface area (Å²) in [5, 5.41) is 12.0. The number of benzene rings is 2. The zero-order valence-electron chi connectivity index (χ0n) is 15.3. The van der Waals surface area contributed by atoms with Gasteiger partial charge in [-0.25, -0.2) is 0 Å². The predicted molar refractivity (Wildman–Crippen MR) is 109 cm³/mol. The van der Waals surface area contributed by atoms with E-state index in [4.69, 9.17) is 0 Å². The van der Waals surface area contributed by atoms with Crippen molar-refractivity contribution in [2.75, 3.05) is 11.9 Å². The summed E-state index contributed by atoms with van der Waals surface area (Å²) in [7, 11) is 0. The number of nitrogens with one attached hydrogen (secondary N) is 1. The molecule has 144 valence electrons. The molecule has 0 atom stereocenters. The number of fused-ring (bicyclic) bond motifs is 1. The van der Waals surface area contributed by atoms with Gasteiger partial charge in [0.1, 0.15) is 5.01 Å². The highest BCUT2D eigenvalue weighted by atomic mass is 32.1. The minimum Gasteiger partial charge on any atom is -0.296 e. The largest absolute Gasteiger partial charge is 0.296 e. The quantitative estimate of drug-likeness (QED) is 0.503. The van der Waals surface area contributed by atoms with Crippen LogP contribution in [0.15, 0.2) is 61.2 Å². The summed E-state index contributed by atoms with van der Waals surface area (Å²) in [5.74, 6) is -1.23. The highest BCUT2D eigenvalue weighted by molar-refractivity contribution is 7.15. The van der Waals surface area contributed by atoms with Crippen LogP contribution >= 0.6 is 11.3 Å². The fourth-order valence-electron chi connectivity index (χ4n) is 3.04. The van der Waals surface area contributed by atoms with Gasteiger partial charge in [0.15, 0.2) is 0 Å². The second kappa shape index (κ2) is 7.76. The Morgan fingerprint density at radius 1 is 1.07 bits per heavy atom. The summed E-state index contributed by atoms with van der Waals surface area (Å²) in [6, 6.07) is 14.3. The Labute approximate surface area is 170 Å². The van der Waals surface area contributed by atoms with Crippen LogP contribution in [0.25, 0.3) is 0 Å². The van der Waals surface area contributed by atoms with Gasteiger partial charge in [-0.2, -0.15) is 0 Å². The average molecular weight is 404 g/mol. The van der Waals surface area contributed by atoms with Crippen molar-refractivity contribution >= 4 is 34.2 Å². The normalized spacial score (nSPS) is 12.8. The third-order valence-corrected chi connectivity index (χ3v) is 5.27. The molecule has 1 aliphatic rings. The van der Waals surface area contributed by atoms with Gasteiger partial charge in [0, 0.05) is 18.5 Å². The second-order valence-corrected chi connectivity index (χ2v) is 7.45. The first-order valence-electron chi connectivity index (χ1n) is 8.85. The fourth-order valence-corrected chi connectivity index (χ4v) is 3.81. The average Bonchev–Trinajstić information content (AvgIpc) is 3.26. The number of carbonyl (C=O) groups excluding carboxylic acids is 3. The van der Waals surface area contributed by atoms with Crippen molar-refractivity contribution in [1.29, 1.82) is 0 Å². The molecule has 2 heterocycles. The van der Waals surface area contributed by atoms with Crippen LogP contribution in [0.1, 0.15) is 41.6 Å². The first-order valence-corrected chi connectivity index (χ1v) is 9.67. The number of hydrogen-bond acceptors (Lipinski definition) is 6. The first-order chi connectivity index (χ1) is 14.1. The third-order valence-electron chi connectivity index (χ3n) is 4.43. The van der Waals surface area contributed by atoms with E-state index < -0.39 is 11.8 Å². The molecule has 0 fully saturated rings. The topological polar surface area (TPSA) is 92.3 Å². The number of hydrogen-bond donors (Lipinski definition) is 1. The van der Waals surface area contributed by atoms with Gasteiger partial charge in [0.2, 0.25) is 5.13 Å². The van der Waals surface area contributed by atoms with Crippen LogP contribution in [0.3, 0.4) is 0 Å². The number of amides is 3. The van der Waals surface area contributed by atoms with Crippen LogP contribution in [0, 0.1) is 0 Å². The fraction of sp³-hybridized carbons (Fsp3) is 0.0952. The summed E-state index contributed by atoms with van der Waals surface area (Å²) < 4.78 is 0. The number of rotatable bonds is 6. The Hall–Kier alpha value is -3.65. The van der Waals surface area contributed by atoms with Gasteiger partial charge in [-0.3, -0.25) is 24.6 Å². The molecule has 0 saturated carbocycles. The highest BCUT2D eigenvalue weighted by Gasteiger charge is 2.35. The van der Waals surface area contributed by atoms with Crippen molar-refractivity contribution in [2.24, 2.45) is 0 Å². The minimum atomic E-state index is -0.430. The summed E-state index contributed by atoms with van der Waals surface area (Å²) >= 11 is 1.29. The molecular weight excluding hydrogens is 388 g/mol. The molecular formula is C21H16N4O3S. The van der Waals surface area contributed by atoms with E-state index in [1.807, 2.05) is 30.3 Å². The maximum atomic E-state index is 12.6. The number of carbonyl (C=O) groups is 3. The zero-order valence-corrected chi connectivity index (χ0v) is 16.1. The molecule has 0 unspecified atom stereocenters. The summed E-state index contributed by atoms with van der Waals surface area (Å²) in [5.41, 5.74) is 1.87. The molecule has 4 rings (SSSR count). The molecule has 0 bridgehead atoms. The third kappa shape index (κ3) is 3.70. The van der Waals surface area contributed by atoms with Gasteiger partial charge >= 0.3 is 0 Å². The molecule has 29 heavy (non-hydrogen) atoms. The lowest BCUT2D eigenvalue weighted by atomic mass is 10.1. The maximum absolute atomic E-state index is 12.6. The second-order valence-electron chi connectivity index (χ2n) is 6.39. The molecule has 1 aromatic heterocycles. The number of imide groups is 1. The summed E-state index contributed by atoms with van der Waals surface area (Å²) in [6.45, 7) is 3.68. The van der Waals surface area contributed by atoms with Crippen molar-refractivity contribution in [3.05, 3.63) is 88.4 Å². The zero-order chi connectivity index (χ0) is 20.4. The van der Waals surface area contributed by atoms with Crippen molar-refractivity contribution in [3.8, 4) is 0 Å². The highest BCUT2D eigenvalue weighted by Crippen LogP contribution is 2.25. The SMILES string of the molecule is C=CCN1C(=O)c2ccc(C(=O)Nc3nnc(Cc4ccccc4)s3)cc2C1=O. The molecule has 2 aromatic carbocycles. The molecule has 1 N–H and O–H groups in total. The van der Waals surface area contributed by atoms with Crippen molar-refractivity contribution < 1.29 is 14.4 Å². The van der Waals surface area contributed by atoms with Gasteiger partial charge in [0.05, 0.1) is 11.1 Å². The monoisotopic (exact) mass is 404 g/mol. The van der Waals surface area contributed by atoms with E-state index in [-0.39, 0.29) is 29.1 Å². The van der Waals surface area contributed by atoms with E-state index in [9.17, 15) is 14.4 Å². The molecule has 7 nitrogen and oxygen atoms in total. The Bertz CT molecular complexity index is 1120. The molecule has 0 aliphatic carbocycles. The standard InChI is InChI=1S/C21H16N4O3S/c1-2-10-25-19(27)15-9-8-14(12-16(15)20(25)28)18(26)22-21-24-23-17(29-21)11-13-6-4-3-5-7-13/h2-9,12H,1,10-11H2,(H,22,24,26). The Morgan fingerprint density at radius 2 is 1.83 bits per heavy atom. The van der Waals surface area contributed by atoms with Crippen LogP contribution in [-0.2, 0) is 6.42 Å². The lowest BCUT2D eigenvalue weighted by Crippen LogP contribution is -2.29. The Kier molecular flexibility index (Phi) is 5.01.